The molecule has 34 heavy (non-hydrogen) atoms. The lowest BCUT2D eigenvalue weighted by molar-refractivity contribution is 0.0745. The van der Waals surface area contributed by atoms with Crippen LogP contribution in [0, 0.1) is 11.3 Å². The van der Waals surface area contributed by atoms with Gasteiger partial charge in [-0.2, -0.15) is 10.2 Å². The normalized spacial score (nSPS) is 13.8. The zero-order valence-electron chi connectivity index (χ0n) is 18.9. The number of anilines is 1. The number of aromatic nitrogens is 1. The third-order valence-corrected chi connectivity index (χ3v) is 5.81. The number of ether oxygens (including phenoxy) is 1. The van der Waals surface area contributed by atoms with Crippen molar-refractivity contribution in [3.8, 4) is 11.8 Å². The highest BCUT2D eigenvalue weighted by atomic mass is 35.5. The molecule has 1 fully saturated rings. The molecular weight excluding hydrogens is 452 g/mol. The van der Waals surface area contributed by atoms with Crippen LogP contribution in [0.4, 0.5) is 5.88 Å². The Bertz CT molecular complexity index is 1210. The standard InChI is InChI=1S/C26H25ClN4O3/c1-2-17-33-21-10-7-20(8-11-21)25(32)30-13-15-31(16-14-30)26-23(18-28)29-24(34-26)12-9-19-5-3-4-6-22(19)27/h3-12H,2,13-17H2,1H3/b12-9+. The second-order valence-electron chi connectivity index (χ2n) is 7.82. The van der Waals surface area contributed by atoms with E-state index >= 15 is 0 Å². The van der Waals surface area contributed by atoms with E-state index in [-0.39, 0.29) is 11.6 Å². The molecule has 174 valence electrons. The summed E-state index contributed by atoms with van der Waals surface area (Å²) in [7, 11) is 0. The van der Waals surface area contributed by atoms with Crippen molar-refractivity contribution in [1.29, 1.82) is 5.26 Å². The quantitative estimate of drug-likeness (QED) is 0.470. The zero-order chi connectivity index (χ0) is 23.9. The van der Waals surface area contributed by atoms with Gasteiger partial charge in [-0.05, 0) is 48.4 Å². The van der Waals surface area contributed by atoms with Crippen LogP contribution in [0.1, 0.15) is 40.9 Å². The molecule has 1 aliphatic rings. The average Bonchev–Trinajstić information content (AvgIpc) is 3.30. The van der Waals surface area contributed by atoms with Crippen LogP contribution in [0.25, 0.3) is 12.2 Å². The van der Waals surface area contributed by atoms with E-state index in [0.717, 1.165) is 17.7 Å². The van der Waals surface area contributed by atoms with Gasteiger partial charge in [0.05, 0.1) is 6.61 Å². The van der Waals surface area contributed by atoms with Gasteiger partial charge in [-0.1, -0.05) is 36.7 Å². The third-order valence-electron chi connectivity index (χ3n) is 5.47. The Morgan fingerprint density at radius 1 is 1.15 bits per heavy atom. The summed E-state index contributed by atoms with van der Waals surface area (Å²) < 4.78 is 11.5. The van der Waals surface area contributed by atoms with Gasteiger partial charge in [0, 0.05) is 42.8 Å². The summed E-state index contributed by atoms with van der Waals surface area (Å²) in [6, 6.07) is 16.8. The van der Waals surface area contributed by atoms with Crippen LogP contribution < -0.4 is 9.64 Å². The van der Waals surface area contributed by atoms with Crippen molar-refractivity contribution in [2.75, 3.05) is 37.7 Å². The van der Waals surface area contributed by atoms with Crippen molar-refractivity contribution in [2.24, 2.45) is 0 Å². The lowest BCUT2D eigenvalue weighted by Gasteiger charge is -2.34. The highest BCUT2D eigenvalue weighted by Crippen LogP contribution is 2.25. The van der Waals surface area contributed by atoms with Crippen molar-refractivity contribution >= 4 is 35.5 Å². The number of amides is 1. The minimum atomic E-state index is -0.0249. The molecule has 0 N–H and O–H groups in total. The lowest BCUT2D eigenvalue weighted by Crippen LogP contribution is -2.48. The molecule has 0 saturated carbocycles. The Morgan fingerprint density at radius 3 is 2.56 bits per heavy atom. The Hall–Kier alpha value is -3.76. The van der Waals surface area contributed by atoms with E-state index in [4.69, 9.17) is 20.8 Å². The van der Waals surface area contributed by atoms with Crippen LogP contribution in [0.3, 0.4) is 0 Å². The number of nitrogens with zero attached hydrogens (tertiary/aromatic N) is 4. The smallest absolute Gasteiger partial charge is 0.253 e. The molecule has 3 aromatic rings. The first-order valence-corrected chi connectivity index (χ1v) is 11.6. The van der Waals surface area contributed by atoms with Crippen molar-refractivity contribution in [2.45, 2.75) is 13.3 Å². The topological polar surface area (TPSA) is 82.6 Å². The number of halogens is 1. The molecule has 8 heteroatoms. The van der Waals surface area contributed by atoms with E-state index in [1.165, 1.54) is 0 Å². The maximum absolute atomic E-state index is 12.9. The summed E-state index contributed by atoms with van der Waals surface area (Å²) in [4.78, 5) is 20.9. The first-order valence-electron chi connectivity index (χ1n) is 11.2. The molecule has 4 rings (SSSR count). The fraction of sp³-hybridized carbons (Fsp3) is 0.269. The number of carbonyl (C=O) groups is 1. The first-order chi connectivity index (χ1) is 16.6. The van der Waals surface area contributed by atoms with Crippen LogP contribution in [-0.2, 0) is 0 Å². The summed E-state index contributed by atoms with van der Waals surface area (Å²) in [6.45, 7) is 4.82. The summed E-state index contributed by atoms with van der Waals surface area (Å²) in [5.41, 5.74) is 1.68. The van der Waals surface area contributed by atoms with E-state index in [0.29, 0.717) is 55.1 Å². The Kier molecular flexibility index (Phi) is 7.51. The molecule has 0 radical (unpaired) electrons. The number of oxazole rings is 1. The van der Waals surface area contributed by atoms with Crippen LogP contribution in [0.2, 0.25) is 5.02 Å². The molecule has 0 bridgehead atoms. The molecule has 1 aliphatic heterocycles. The third kappa shape index (κ3) is 5.41. The maximum Gasteiger partial charge on any atom is 0.253 e. The number of hydrogen-bond donors (Lipinski definition) is 0. The Morgan fingerprint density at radius 2 is 1.88 bits per heavy atom. The van der Waals surface area contributed by atoms with Crippen molar-refractivity contribution in [1.82, 2.24) is 9.88 Å². The molecule has 7 nitrogen and oxygen atoms in total. The molecule has 2 heterocycles. The first kappa shape index (κ1) is 23.4. The number of piperazine rings is 1. The van der Waals surface area contributed by atoms with E-state index in [1.807, 2.05) is 42.2 Å². The maximum atomic E-state index is 12.9. The van der Waals surface area contributed by atoms with Gasteiger partial charge in [0.1, 0.15) is 11.8 Å². The molecular formula is C26H25ClN4O3. The van der Waals surface area contributed by atoms with E-state index in [1.54, 1.807) is 35.3 Å². The largest absolute Gasteiger partial charge is 0.494 e. The number of rotatable bonds is 7. The van der Waals surface area contributed by atoms with Gasteiger partial charge in [-0.15, -0.1) is 0 Å². The predicted molar refractivity (Wildman–Crippen MR) is 132 cm³/mol. The summed E-state index contributed by atoms with van der Waals surface area (Å²) in [5.74, 6) is 1.49. The van der Waals surface area contributed by atoms with Gasteiger partial charge in [-0.3, -0.25) is 4.79 Å². The molecule has 2 aromatic carbocycles. The SMILES string of the molecule is CCCOc1ccc(C(=O)N2CCN(c3oc(/C=C/c4ccccc4Cl)nc3C#N)CC2)cc1. The molecule has 1 saturated heterocycles. The molecule has 0 spiro atoms. The van der Waals surface area contributed by atoms with Gasteiger partial charge in [0.15, 0.2) is 0 Å². The van der Waals surface area contributed by atoms with Crippen molar-refractivity contribution in [3.05, 3.63) is 76.3 Å². The second-order valence-corrected chi connectivity index (χ2v) is 8.23. The Labute approximate surface area is 203 Å². The van der Waals surface area contributed by atoms with Crippen LogP contribution in [-0.4, -0.2) is 48.6 Å². The monoisotopic (exact) mass is 476 g/mol. The number of hydrogen-bond acceptors (Lipinski definition) is 6. The summed E-state index contributed by atoms with van der Waals surface area (Å²) in [5, 5.41) is 10.2. The predicted octanol–water partition coefficient (Wildman–Crippen LogP) is 5.12. The van der Waals surface area contributed by atoms with Crippen LogP contribution in [0.15, 0.2) is 52.9 Å². The molecule has 0 aliphatic carbocycles. The van der Waals surface area contributed by atoms with E-state index in [9.17, 15) is 10.1 Å². The van der Waals surface area contributed by atoms with Crippen molar-refractivity contribution in [3.63, 3.8) is 0 Å². The molecule has 0 atom stereocenters. The van der Waals surface area contributed by atoms with Crippen molar-refractivity contribution < 1.29 is 13.9 Å². The summed E-state index contributed by atoms with van der Waals surface area (Å²) >= 11 is 6.19. The molecule has 1 aromatic heterocycles. The highest BCUT2D eigenvalue weighted by Gasteiger charge is 2.26. The van der Waals surface area contributed by atoms with Gasteiger partial charge in [0.2, 0.25) is 17.5 Å². The minimum absolute atomic E-state index is 0.0249. The zero-order valence-corrected chi connectivity index (χ0v) is 19.7. The van der Waals surface area contributed by atoms with E-state index < -0.39 is 0 Å². The Balaban J connectivity index is 1.39. The average molecular weight is 477 g/mol. The molecule has 0 unspecified atom stereocenters. The molecule has 1 amide bonds. The number of benzene rings is 2. The van der Waals surface area contributed by atoms with Gasteiger partial charge < -0.3 is 19.0 Å². The van der Waals surface area contributed by atoms with Crippen LogP contribution in [0.5, 0.6) is 5.75 Å². The van der Waals surface area contributed by atoms with Gasteiger partial charge >= 0.3 is 0 Å². The number of nitriles is 1. The summed E-state index contributed by atoms with van der Waals surface area (Å²) in [6.07, 6.45) is 4.43. The fourth-order valence-electron chi connectivity index (χ4n) is 3.67. The highest BCUT2D eigenvalue weighted by molar-refractivity contribution is 6.32. The van der Waals surface area contributed by atoms with Crippen LogP contribution >= 0.6 is 11.6 Å². The lowest BCUT2D eigenvalue weighted by atomic mass is 10.1. The number of carbonyl (C=O) groups excluding carboxylic acids is 1. The van der Waals surface area contributed by atoms with E-state index in [2.05, 4.69) is 11.1 Å². The fourth-order valence-corrected chi connectivity index (χ4v) is 3.87. The van der Waals surface area contributed by atoms with Gasteiger partial charge in [-0.25, -0.2) is 0 Å². The minimum Gasteiger partial charge on any atom is -0.494 e. The van der Waals surface area contributed by atoms with Gasteiger partial charge in [0.25, 0.3) is 5.91 Å². The second kappa shape index (κ2) is 10.9.